The highest BCUT2D eigenvalue weighted by molar-refractivity contribution is 14.0. The molecule has 0 spiro atoms. The number of rotatable bonds is 7. The lowest BCUT2D eigenvalue weighted by Gasteiger charge is -2.22. The van der Waals surface area contributed by atoms with Crippen LogP contribution in [0.4, 0.5) is 0 Å². The summed E-state index contributed by atoms with van der Waals surface area (Å²) in [6, 6.07) is 8.72. The van der Waals surface area contributed by atoms with Crippen LogP contribution < -0.4 is 15.4 Å². The number of hydrogen-bond donors (Lipinski definition) is 2. The summed E-state index contributed by atoms with van der Waals surface area (Å²) in [5.74, 6) is 1.76. The molecule has 1 atom stereocenters. The molecule has 3 rings (SSSR count). The van der Waals surface area contributed by atoms with Gasteiger partial charge >= 0.3 is 0 Å². The minimum absolute atomic E-state index is 0. The second-order valence-corrected chi connectivity index (χ2v) is 7.96. The molecule has 6 nitrogen and oxygen atoms in total. The van der Waals surface area contributed by atoms with E-state index in [1.54, 1.807) is 7.11 Å². The molecule has 29 heavy (non-hydrogen) atoms. The first-order valence-electron chi connectivity index (χ1n) is 9.99. The largest absolute Gasteiger partial charge is 0.497 e. The summed E-state index contributed by atoms with van der Waals surface area (Å²) < 4.78 is 7.23. The molecule has 0 radical (unpaired) electrons. The number of aliphatic imine (C=N–C) groups is 1. The van der Waals surface area contributed by atoms with E-state index in [4.69, 9.17) is 4.74 Å². The van der Waals surface area contributed by atoms with Gasteiger partial charge in [0.25, 0.3) is 0 Å². The third kappa shape index (κ3) is 5.43. The van der Waals surface area contributed by atoms with Crippen LogP contribution in [0, 0.1) is 13.8 Å². The minimum atomic E-state index is 0. The molecule has 2 aromatic rings. The predicted octanol–water partition coefficient (Wildman–Crippen LogP) is 3.49. The van der Waals surface area contributed by atoms with E-state index in [-0.39, 0.29) is 35.4 Å². The van der Waals surface area contributed by atoms with Crippen molar-refractivity contribution in [2.24, 2.45) is 12.0 Å². The zero-order chi connectivity index (χ0) is 20.3. The van der Waals surface area contributed by atoms with E-state index < -0.39 is 0 Å². The number of methoxy groups -OCH3 is 1. The average molecular weight is 511 g/mol. The van der Waals surface area contributed by atoms with E-state index in [1.807, 2.05) is 30.9 Å². The number of nitrogens with zero attached hydrogens (tertiary/aromatic N) is 3. The minimum Gasteiger partial charge on any atom is -0.497 e. The van der Waals surface area contributed by atoms with Crippen LogP contribution in [-0.2, 0) is 18.9 Å². The van der Waals surface area contributed by atoms with Crippen molar-refractivity contribution in [3.05, 3.63) is 46.8 Å². The van der Waals surface area contributed by atoms with Gasteiger partial charge in [-0.2, -0.15) is 5.10 Å². The molecule has 0 aliphatic heterocycles. The van der Waals surface area contributed by atoms with Gasteiger partial charge in [0.05, 0.1) is 12.8 Å². The number of guanidine groups is 1. The highest BCUT2D eigenvalue weighted by atomic mass is 127. The Balaban J connectivity index is 0.00000300. The molecule has 1 fully saturated rings. The molecular weight excluding hydrogens is 477 g/mol. The molecule has 1 aliphatic rings. The number of nitrogens with one attached hydrogen (secondary N) is 2. The normalized spacial score (nSPS) is 16.0. The Morgan fingerprint density at radius 1 is 1.28 bits per heavy atom. The highest BCUT2D eigenvalue weighted by Gasteiger charge is 2.44. The van der Waals surface area contributed by atoms with Crippen LogP contribution in [0.2, 0.25) is 0 Å². The Hall–Kier alpha value is -1.77. The number of halogens is 1. The van der Waals surface area contributed by atoms with Gasteiger partial charge in [-0.15, -0.1) is 24.0 Å². The van der Waals surface area contributed by atoms with Crippen molar-refractivity contribution in [2.75, 3.05) is 20.7 Å². The van der Waals surface area contributed by atoms with Gasteiger partial charge < -0.3 is 15.4 Å². The summed E-state index contributed by atoms with van der Waals surface area (Å²) >= 11 is 0. The lowest BCUT2D eigenvalue weighted by atomic mass is 9.96. The van der Waals surface area contributed by atoms with Gasteiger partial charge in [-0.05, 0) is 63.3 Å². The monoisotopic (exact) mass is 511 g/mol. The topological polar surface area (TPSA) is 63.5 Å². The molecule has 1 aromatic carbocycles. The molecular formula is C22H34IN5O. The van der Waals surface area contributed by atoms with Gasteiger partial charge in [-0.1, -0.05) is 12.1 Å². The number of ether oxygens (including phenoxy) is 1. The quantitative estimate of drug-likeness (QED) is 0.340. The number of benzene rings is 1. The maximum Gasteiger partial charge on any atom is 0.191 e. The van der Waals surface area contributed by atoms with Crippen LogP contribution in [-0.4, -0.2) is 42.5 Å². The SMILES string of the molecule is CN=C(NCC1(c2ccc(OC)cc2)CC1)NC(C)Cc1c(C)nn(C)c1C.I. The van der Waals surface area contributed by atoms with E-state index in [0.717, 1.165) is 30.4 Å². The summed E-state index contributed by atoms with van der Waals surface area (Å²) in [7, 11) is 5.53. The molecule has 7 heteroatoms. The fourth-order valence-electron chi connectivity index (χ4n) is 3.81. The smallest absolute Gasteiger partial charge is 0.191 e. The summed E-state index contributed by atoms with van der Waals surface area (Å²) in [4.78, 5) is 4.43. The first-order valence-corrected chi connectivity index (χ1v) is 9.99. The molecule has 0 bridgehead atoms. The number of aryl methyl sites for hydroxylation is 2. The van der Waals surface area contributed by atoms with Crippen molar-refractivity contribution in [2.45, 2.75) is 51.5 Å². The first kappa shape index (κ1) is 23.5. The Bertz CT molecular complexity index is 840. The molecule has 0 saturated heterocycles. The van der Waals surface area contributed by atoms with Crippen molar-refractivity contribution in [3.63, 3.8) is 0 Å². The second kappa shape index (κ2) is 9.82. The Labute approximate surface area is 191 Å². The number of hydrogen-bond acceptors (Lipinski definition) is 3. The average Bonchev–Trinajstić information content (AvgIpc) is 3.45. The van der Waals surface area contributed by atoms with Crippen molar-refractivity contribution >= 4 is 29.9 Å². The third-order valence-electron chi connectivity index (χ3n) is 5.93. The lowest BCUT2D eigenvalue weighted by molar-refractivity contribution is 0.414. The lowest BCUT2D eigenvalue weighted by Crippen LogP contribution is -2.45. The maximum atomic E-state index is 5.28. The highest BCUT2D eigenvalue weighted by Crippen LogP contribution is 2.47. The van der Waals surface area contributed by atoms with Crippen molar-refractivity contribution < 1.29 is 4.74 Å². The fraction of sp³-hybridized carbons (Fsp3) is 0.545. The molecule has 0 amide bonds. The fourth-order valence-corrected chi connectivity index (χ4v) is 3.81. The first-order chi connectivity index (χ1) is 13.4. The maximum absolute atomic E-state index is 5.28. The zero-order valence-electron chi connectivity index (χ0n) is 18.4. The summed E-state index contributed by atoms with van der Waals surface area (Å²) in [6.45, 7) is 7.28. The van der Waals surface area contributed by atoms with Crippen LogP contribution in [0.3, 0.4) is 0 Å². The van der Waals surface area contributed by atoms with Gasteiger partial charge in [-0.3, -0.25) is 9.67 Å². The van der Waals surface area contributed by atoms with Gasteiger partial charge in [0.1, 0.15) is 5.75 Å². The zero-order valence-corrected chi connectivity index (χ0v) is 20.7. The van der Waals surface area contributed by atoms with Crippen molar-refractivity contribution in [1.29, 1.82) is 0 Å². The Morgan fingerprint density at radius 3 is 2.41 bits per heavy atom. The van der Waals surface area contributed by atoms with Crippen molar-refractivity contribution in [3.8, 4) is 5.75 Å². The molecule has 1 saturated carbocycles. The molecule has 2 N–H and O–H groups in total. The standard InChI is InChI=1S/C22H33N5O.HI/c1-15(13-20-16(2)26-27(5)17(20)3)25-21(23-4)24-14-22(11-12-22)18-7-9-19(28-6)10-8-18;/h7-10,15H,11-14H2,1-6H3,(H2,23,24,25);1H. The van der Waals surface area contributed by atoms with E-state index in [1.165, 1.54) is 29.7 Å². The van der Waals surface area contributed by atoms with Gasteiger partial charge in [0.2, 0.25) is 0 Å². The molecule has 1 heterocycles. The number of aromatic nitrogens is 2. The summed E-state index contributed by atoms with van der Waals surface area (Å²) in [6.07, 6.45) is 3.33. The van der Waals surface area contributed by atoms with E-state index >= 15 is 0 Å². The van der Waals surface area contributed by atoms with Crippen LogP contribution >= 0.6 is 24.0 Å². The van der Waals surface area contributed by atoms with Gasteiger partial charge in [0, 0.05) is 37.8 Å². The Kier molecular flexibility index (Phi) is 7.96. The van der Waals surface area contributed by atoms with Gasteiger partial charge in [0.15, 0.2) is 5.96 Å². The van der Waals surface area contributed by atoms with Gasteiger partial charge in [-0.25, -0.2) is 0 Å². The predicted molar refractivity (Wildman–Crippen MR) is 130 cm³/mol. The Morgan fingerprint density at radius 2 is 1.93 bits per heavy atom. The second-order valence-electron chi connectivity index (χ2n) is 7.96. The molecule has 1 aliphatic carbocycles. The van der Waals surface area contributed by atoms with E-state index in [9.17, 15) is 0 Å². The molecule has 160 valence electrons. The molecule has 1 aromatic heterocycles. The van der Waals surface area contributed by atoms with Crippen LogP contribution in [0.15, 0.2) is 29.3 Å². The van der Waals surface area contributed by atoms with E-state index in [2.05, 4.69) is 53.6 Å². The van der Waals surface area contributed by atoms with Crippen LogP contribution in [0.1, 0.15) is 42.3 Å². The summed E-state index contributed by atoms with van der Waals surface area (Å²) in [5, 5.41) is 11.6. The van der Waals surface area contributed by atoms with Crippen molar-refractivity contribution in [1.82, 2.24) is 20.4 Å². The van der Waals surface area contributed by atoms with Crippen LogP contribution in [0.25, 0.3) is 0 Å². The third-order valence-corrected chi connectivity index (χ3v) is 5.93. The molecule has 1 unspecified atom stereocenters. The van der Waals surface area contributed by atoms with E-state index in [0.29, 0.717) is 0 Å². The summed E-state index contributed by atoms with van der Waals surface area (Å²) in [5.41, 5.74) is 5.23. The van der Waals surface area contributed by atoms with Crippen LogP contribution in [0.5, 0.6) is 5.75 Å².